The van der Waals surface area contributed by atoms with Crippen LogP contribution in [-0.2, 0) is 41.7 Å². The van der Waals surface area contributed by atoms with Crippen LogP contribution in [0.4, 0.5) is 0 Å². The number of aromatic nitrogens is 2. The fraction of sp³-hybridized carbons (Fsp3) is 0.364. The van der Waals surface area contributed by atoms with Crippen molar-refractivity contribution in [2.45, 2.75) is 27.7 Å². The molecule has 0 atom stereocenters. The molecule has 38 heavy (non-hydrogen) atoms. The molecular formula is C22H27Cl3N2O7P2S2. The van der Waals surface area contributed by atoms with E-state index in [0.29, 0.717) is 32.2 Å². The van der Waals surface area contributed by atoms with Gasteiger partial charge >= 0.3 is 13.4 Å². The van der Waals surface area contributed by atoms with E-state index in [0.717, 1.165) is 5.56 Å². The third-order valence-electron chi connectivity index (χ3n) is 3.95. The summed E-state index contributed by atoms with van der Waals surface area (Å²) in [6, 6.07) is 12.7. The molecule has 0 aliphatic carbocycles. The molecule has 3 aromatic rings. The van der Waals surface area contributed by atoms with Gasteiger partial charge in [0.15, 0.2) is 10.9 Å². The van der Waals surface area contributed by atoms with Crippen LogP contribution in [0.3, 0.4) is 0 Å². The zero-order valence-electron chi connectivity index (χ0n) is 21.0. The van der Waals surface area contributed by atoms with E-state index in [1.54, 1.807) is 19.9 Å². The highest BCUT2D eigenvalue weighted by molar-refractivity contribution is 8.08. The average molecular weight is 664 g/mol. The van der Waals surface area contributed by atoms with Gasteiger partial charge in [0, 0.05) is 29.2 Å². The largest absolute Gasteiger partial charge is 0.404 e. The molecule has 0 bridgehead atoms. The standard InChI is InChI=1S/C13H16NO4PS.C9H11Cl3NO3PS/c1-3-15-19(20,16-4-2)18-13-10-12(17-14-13)11-8-6-5-7-9-11;1-3-14-17(18,15-4-2)16-9-7(11)5-6(10)8(12)13-9/h5-10H,3-4H2,1-2H3;5H,3-4H2,1-2H3. The van der Waals surface area contributed by atoms with Gasteiger partial charge in [0.05, 0.1) is 37.5 Å². The first-order valence-electron chi connectivity index (χ1n) is 11.3. The Hall–Kier alpha value is -0.810. The third kappa shape index (κ3) is 10.6. The van der Waals surface area contributed by atoms with E-state index in [-0.39, 0.29) is 27.0 Å². The zero-order valence-corrected chi connectivity index (χ0v) is 26.7. The number of hydrogen-bond acceptors (Lipinski definition) is 11. The molecule has 0 saturated heterocycles. The van der Waals surface area contributed by atoms with Crippen LogP contribution in [0, 0.1) is 0 Å². The quantitative estimate of drug-likeness (QED) is 0.130. The topological polar surface area (TPSA) is 94.3 Å². The molecule has 0 saturated carbocycles. The molecule has 210 valence electrons. The van der Waals surface area contributed by atoms with Gasteiger partial charge in [0.25, 0.3) is 5.88 Å². The number of halogens is 3. The summed E-state index contributed by atoms with van der Waals surface area (Å²) in [7, 11) is 0. The minimum Gasteiger partial charge on any atom is -0.404 e. The second-order valence-corrected chi connectivity index (χ2v) is 13.7. The molecule has 3 rings (SSSR count). The Bertz CT molecular complexity index is 1230. The minimum absolute atomic E-state index is 0.0521. The first kappa shape index (κ1) is 33.4. The SMILES string of the molecule is CCOP(=S)(OCC)Oc1cc(-c2ccccc2)on1.CCOP(=S)(OCC)Oc1nc(Cl)c(Cl)cc1Cl. The van der Waals surface area contributed by atoms with E-state index in [1.165, 1.54) is 6.07 Å². The van der Waals surface area contributed by atoms with Gasteiger partial charge in [-0.15, -0.1) is 0 Å². The Balaban J connectivity index is 0.000000269. The van der Waals surface area contributed by atoms with Crippen molar-refractivity contribution in [2.24, 2.45) is 0 Å². The van der Waals surface area contributed by atoms with Crippen molar-refractivity contribution in [2.75, 3.05) is 26.4 Å². The van der Waals surface area contributed by atoms with Crippen molar-refractivity contribution in [3.63, 3.8) is 0 Å². The van der Waals surface area contributed by atoms with Gasteiger partial charge in [0.2, 0.25) is 5.88 Å². The first-order chi connectivity index (χ1) is 18.1. The molecule has 0 amide bonds. The highest BCUT2D eigenvalue weighted by Crippen LogP contribution is 2.51. The van der Waals surface area contributed by atoms with Gasteiger partial charge in [-0.2, -0.15) is 4.98 Å². The molecular weight excluding hydrogens is 637 g/mol. The summed E-state index contributed by atoms with van der Waals surface area (Å²) in [5.74, 6) is 0.931. The molecule has 16 heteroatoms. The van der Waals surface area contributed by atoms with E-state index in [9.17, 15) is 0 Å². The maximum Gasteiger partial charge on any atom is 0.381 e. The van der Waals surface area contributed by atoms with Crippen LogP contribution >= 0.6 is 48.2 Å². The predicted molar refractivity (Wildman–Crippen MR) is 158 cm³/mol. The lowest BCUT2D eigenvalue weighted by Crippen LogP contribution is -2.03. The van der Waals surface area contributed by atoms with Crippen LogP contribution in [0.5, 0.6) is 11.8 Å². The van der Waals surface area contributed by atoms with Crippen LogP contribution < -0.4 is 9.05 Å². The summed E-state index contributed by atoms with van der Waals surface area (Å²) in [5.41, 5.74) is 0.913. The summed E-state index contributed by atoms with van der Waals surface area (Å²) in [5, 5.41) is 4.34. The van der Waals surface area contributed by atoms with Crippen molar-refractivity contribution < 1.29 is 31.7 Å². The van der Waals surface area contributed by atoms with Crippen LogP contribution in [0.25, 0.3) is 11.3 Å². The van der Waals surface area contributed by atoms with E-state index in [2.05, 4.69) is 10.1 Å². The van der Waals surface area contributed by atoms with Gasteiger partial charge in [-0.1, -0.05) is 65.1 Å². The highest BCUT2D eigenvalue weighted by Gasteiger charge is 2.25. The van der Waals surface area contributed by atoms with Crippen LogP contribution in [0.15, 0.2) is 47.0 Å². The molecule has 0 aliphatic rings. The predicted octanol–water partition coefficient (Wildman–Crippen LogP) is 8.74. The van der Waals surface area contributed by atoms with Gasteiger partial charge in [-0.3, -0.25) is 18.1 Å². The Labute approximate surface area is 247 Å². The van der Waals surface area contributed by atoms with E-state index >= 15 is 0 Å². The summed E-state index contributed by atoms with van der Waals surface area (Å²) < 4.78 is 37.6. The normalized spacial score (nSPS) is 11.6. The lowest BCUT2D eigenvalue weighted by Gasteiger charge is -2.20. The van der Waals surface area contributed by atoms with Crippen molar-refractivity contribution in [1.29, 1.82) is 0 Å². The Kier molecular flexibility index (Phi) is 14.5. The number of pyridine rings is 1. The first-order valence-corrected chi connectivity index (χ1v) is 17.5. The molecule has 0 radical (unpaired) electrons. The molecule has 1 aromatic carbocycles. The number of nitrogens with zero attached hydrogens (tertiary/aromatic N) is 2. The number of benzene rings is 1. The summed E-state index contributed by atoms with van der Waals surface area (Å²) in [6.07, 6.45) is 0. The molecule has 0 spiro atoms. The van der Waals surface area contributed by atoms with Crippen molar-refractivity contribution in [1.82, 2.24) is 10.1 Å². The molecule has 0 fully saturated rings. The second-order valence-electron chi connectivity index (χ2n) is 6.69. The Morgan fingerprint density at radius 1 is 0.763 bits per heavy atom. The van der Waals surface area contributed by atoms with Crippen LogP contribution in [-0.4, -0.2) is 36.6 Å². The van der Waals surface area contributed by atoms with Gasteiger partial charge in [-0.05, 0) is 38.9 Å². The molecule has 0 aliphatic heterocycles. The molecule has 0 unspecified atom stereocenters. The Morgan fingerprint density at radius 3 is 1.82 bits per heavy atom. The van der Waals surface area contributed by atoms with Crippen molar-refractivity contribution in [3.8, 4) is 23.1 Å². The number of rotatable bonds is 13. The fourth-order valence-electron chi connectivity index (χ4n) is 2.57. The second kappa shape index (κ2) is 16.5. The molecule has 2 heterocycles. The fourth-order valence-corrected chi connectivity index (χ4v) is 7.14. The van der Waals surface area contributed by atoms with Gasteiger partial charge < -0.3 is 13.6 Å². The Morgan fingerprint density at radius 2 is 1.29 bits per heavy atom. The lowest BCUT2D eigenvalue weighted by molar-refractivity contribution is 0.213. The average Bonchev–Trinajstić information content (AvgIpc) is 3.32. The van der Waals surface area contributed by atoms with E-state index in [4.69, 9.17) is 90.1 Å². The maximum atomic E-state index is 5.94. The molecule has 0 N–H and O–H groups in total. The molecule has 9 nitrogen and oxygen atoms in total. The van der Waals surface area contributed by atoms with Gasteiger partial charge in [-0.25, -0.2) is 0 Å². The summed E-state index contributed by atoms with van der Waals surface area (Å²) >= 11 is 27.9. The number of hydrogen-bond donors (Lipinski definition) is 0. The zero-order chi connectivity index (χ0) is 28.2. The third-order valence-corrected chi connectivity index (χ3v) is 9.71. The van der Waals surface area contributed by atoms with Gasteiger partial charge in [0.1, 0.15) is 5.02 Å². The summed E-state index contributed by atoms with van der Waals surface area (Å²) in [6.45, 7) is 3.06. The molecule has 2 aromatic heterocycles. The summed E-state index contributed by atoms with van der Waals surface area (Å²) in [4.78, 5) is 3.90. The monoisotopic (exact) mass is 662 g/mol. The van der Waals surface area contributed by atoms with Crippen molar-refractivity contribution in [3.05, 3.63) is 57.7 Å². The smallest absolute Gasteiger partial charge is 0.381 e. The van der Waals surface area contributed by atoms with Crippen LogP contribution in [0.1, 0.15) is 27.7 Å². The minimum atomic E-state index is -2.92. The van der Waals surface area contributed by atoms with Crippen LogP contribution in [0.2, 0.25) is 15.2 Å². The lowest BCUT2D eigenvalue weighted by atomic mass is 10.2. The highest BCUT2D eigenvalue weighted by atomic mass is 35.5. The van der Waals surface area contributed by atoms with E-state index in [1.807, 2.05) is 44.2 Å². The van der Waals surface area contributed by atoms with Crippen molar-refractivity contribution >= 4 is 71.9 Å². The van der Waals surface area contributed by atoms with E-state index < -0.39 is 13.4 Å². The maximum absolute atomic E-state index is 5.94.